The van der Waals surface area contributed by atoms with Crippen LogP contribution in [0.5, 0.6) is 0 Å². The van der Waals surface area contributed by atoms with E-state index in [0.717, 1.165) is 17.2 Å². The van der Waals surface area contributed by atoms with Crippen molar-refractivity contribution >= 4 is 17.4 Å². The van der Waals surface area contributed by atoms with Crippen LogP contribution in [0.1, 0.15) is 0 Å². The molecule has 4 heteroatoms. The number of halogens is 1. The number of nitrogens with two attached hydrogens (primary N) is 1. The third-order valence-corrected chi connectivity index (χ3v) is 2.82. The van der Waals surface area contributed by atoms with Crippen LogP contribution in [-0.2, 0) is 0 Å². The molecule has 0 unspecified atom stereocenters. The zero-order chi connectivity index (χ0) is 10.6. The predicted molar refractivity (Wildman–Crippen MR) is 60.1 cm³/mol. The Morgan fingerprint density at radius 1 is 1.43 bits per heavy atom. The summed E-state index contributed by atoms with van der Waals surface area (Å²) in [5, 5.41) is 0. The van der Waals surface area contributed by atoms with E-state index < -0.39 is 0 Å². The van der Waals surface area contributed by atoms with Crippen LogP contribution < -0.4 is 5.73 Å². The molecule has 1 rings (SSSR count). The van der Waals surface area contributed by atoms with Gasteiger partial charge < -0.3 is 10.6 Å². The van der Waals surface area contributed by atoms with Crippen LogP contribution >= 0.6 is 11.8 Å². The van der Waals surface area contributed by atoms with Gasteiger partial charge in [-0.3, -0.25) is 0 Å². The first-order valence-corrected chi connectivity index (χ1v) is 5.40. The van der Waals surface area contributed by atoms with Crippen LogP contribution in [-0.4, -0.2) is 31.3 Å². The van der Waals surface area contributed by atoms with E-state index in [0.29, 0.717) is 5.69 Å². The van der Waals surface area contributed by atoms with Gasteiger partial charge in [0.25, 0.3) is 0 Å². The Morgan fingerprint density at radius 2 is 2.14 bits per heavy atom. The SMILES string of the molecule is CN(C)CCSc1cc(F)ccc1N. The summed E-state index contributed by atoms with van der Waals surface area (Å²) in [5.74, 6) is 0.687. The monoisotopic (exact) mass is 214 g/mol. The Morgan fingerprint density at radius 3 is 2.79 bits per heavy atom. The van der Waals surface area contributed by atoms with E-state index in [1.54, 1.807) is 17.8 Å². The van der Waals surface area contributed by atoms with E-state index in [9.17, 15) is 4.39 Å². The fraction of sp³-hybridized carbons (Fsp3) is 0.400. The third kappa shape index (κ3) is 3.55. The van der Waals surface area contributed by atoms with Gasteiger partial charge in [-0.25, -0.2) is 4.39 Å². The third-order valence-electron chi connectivity index (χ3n) is 1.77. The van der Waals surface area contributed by atoms with E-state index in [-0.39, 0.29) is 5.82 Å². The van der Waals surface area contributed by atoms with Gasteiger partial charge in [0.2, 0.25) is 0 Å². The minimum Gasteiger partial charge on any atom is -0.398 e. The molecule has 0 spiro atoms. The van der Waals surface area contributed by atoms with Crippen molar-refractivity contribution in [2.24, 2.45) is 0 Å². The van der Waals surface area contributed by atoms with Crippen LogP contribution in [0.15, 0.2) is 23.1 Å². The quantitative estimate of drug-likeness (QED) is 0.614. The van der Waals surface area contributed by atoms with E-state index in [1.807, 2.05) is 14.1 Å². The van der Waals surface area contributed by atoms with Crippen molar-refractivity contribution in [2.75, 3.05) is 32.1 Å². The Bertz CT molecular complexity index is 302. The highest BCUT2D eigenvalue weighted by molar-refractivity contribution is 7.99. The van der Waals surface area contributed by atoms with Crippen molar-refractivity contribution in [2.45, 2.75) is 4.90 Å². The molecular formula is C10H15FN2S. The number of benzene rings is 1. The molecule has 0 saturated heterocycles. The number of hydrogen-bond acceptors (Lipinski definition) is 3. The molecule has 0 aliphatic rings. The Labute approximate surface area is 88.3 Å². The first-order valence-electron chi connectivity index (χ1n) is 4.42. The van der Waals surface area contributed by atoms with Gasteiger partial charge in [-0.05, 0) is 32.3 Å². The number of thioether (sulfide) groups is 1. The zero-order valence-corrected chi connectivity index (χ0v) is 9.27. The summed E-state index contributed by atoms with van der Waals surface area (Å²) >= 11 is 1.58. The minimum absolute atomic E-state index is 0.230. The minimum atomic E-state index is -0.230. The lowest BCUT2D eigenvalue weighted by Crippen LogP contribution is -2.14. The van der Waals surface area contributed by atoms with E-state index in [4.69, 9.17) is 5.73 Å². The molecule has 1 aromatic carbocycles. The molecule has 0 radical (unpaired) electrons. The molecule has 0 saturated carbocycles. The van der Waals surface area contributed by atoms with Gasteiger partial charge >= 0.3 is 0 Å². The van der Waals surface area contributed by atoms with Crippen LogP contribution in [0, 0.1) is 5.82 Å². The van der Waals surface area contributed by atoms with Crippen LogP contribution in [0.2, 0.25) is 0 Å². The van der Waals surface area contributed by atoms with Crippen molar-refractivity contribution in [1.82, 2.24) is 4.90 Å². The Hall–Kier alpha value is -0.740. The van der Waals surface area contributed by atoms with E-state index in [2.05, 4.69) is 4.90 Å². The molecule has 1 aromatic rings. The highest BCUT2D eigenvalue weighted by Gasteiger charge is 2.01. The van der Waals surface area contributed by atoms with Crippen molar-refractivity contribution in [1.29, 1.82) is 0 Å². The molecule has 0 atom stereocenters. The number of hydrogen-bond donors (Lipinski definition) is 1. The predicted octanol–water partition coefficient (Wildman–Crippen LogP) is 2.06. The van der Waals surface area contributed by atoms with Crippen LogP contribution in [0.3, 0.4) is 0 Å². The zero-order valence-electron chi connectivity index (χ0n) is 8.46. The summed E-state index contributed by atoms with van der Waals surface area (Å²) in [7, 11) is 4.02. The summed E-state index contributed by atoms with van der Waals surface area (Å²) in [4.78, 5) is 2.91. The molecule has 2 nitrogen and oxygen atoms in total. The smallest absolute Gasteiger partial charge is 0.124 e. The van der Waals surface area contributed by atoms with Crippen molar-refractivity contribution in [3.63, 3.8) is 0 Å². The lowest BCUT2D eigenvalue weighted by atomic mass is 10.3. The first kappa shape index (κ1) is 11.3. The van der Waals surface area contributed by atoms with E-state index >= 15 is 0 Å². The first-order chi connectivity index (χ1) is 6.59. The molecule has 0 aliphatic heterocycles. The van der Waals surface area contributed by atoms with E-state index in [1.165, 1.54) is 12.1 Å². The summed E-state index contributed by atoms with van der Waals surface area (Å²) in [5.41, 5.74) is 6.35. The average molecular weight is 214 g/mol. The molecule has 0 amide bonds. The van der Waals surface area contributed by atoms with Gasteiger partial charge in [-0.1, -0.05) is 0 Å². The standard InChI is InChI=1S/C10H15FN2S/c1-13(2)5-6-14-10-7-8(11)3-4-9(10)12/h3-4,7H,5-6,12H2,1-2H3. The second kappa shape index (κ2) is 5.22. The molecule has 0 aliphatic carbocycles. The van der Waals surface area contributed by atoms with Gasteiger partial charge in [0.1, 0.15) is 5.82 Å². The molecule has 0 bridgehead atoms. The highest BCUT2D eigenvalue weighted by atomic mass is 32.2. The molecular weight excluding hydrogens is 199 g/mol. The molecule has 78 valence electrons. The fourth-order valence-corrected chi connectivity index (χ4v) is 2.08. The molecule has 0 aromatic heterocycles. The number of rotatable bonds is 4. The summed E-state index contributed by atoms with van der Waals surface area (Å²) < 4.78 is 12.9. The van der Waals surface area contributed by atoms with Gasteiger partial charge in [-0.15, -0.1) is 11.8 Å². The second-order valence-electron chi connectivity index (χ2n) is 3.33. The van der Waals surface area contributed by atoms with Crippen LogP contribution in [0.4, 0.5) is 10.1 Å². The summed E-state index contributed by atoms with van der Waals surface area (Å²) in [6.07, 6.45) is 0. The molecule has 2 N–H and O–H groups in total. The number of anilines is 1. The molecule has 14 heavy (non-hydrogen) atoms. The maximum atomic E-state index is 12.9. The fourth-order valence-electron chi connectivity index (χ4n) is 0.971. The summed E-state index contributed by atoms with van der Waals surface area (Å²) in [6, 6.07) is 4.47. The largest absolute Gasteiger partial charge is 0.398 e. The molecule has 0 heterocycles. The van der Waals surface area contributed by atoms with Crippen molar-refractivity contribution in [3.8, 4) is 0 Å². The van der Waals surface area contributed by atoms with Gasteiger partial charge in [0, 0.05) is 22.9 Å². The second-order valence-corrected chi connectivity index (χ2v) is 4.47. The average Bonchev–Trinajstić information content (AvgIpc) is 2.10. The van der Waals surface area contributed by atoms with Gasteiger partial charge in [-0.2, -0.15) is 0 Å². The Kier molecular flexibility index (Phi) is 4.22. The highest BCUT2D eigenvalue weighted by Crippen LogP contribution is 2.25. The summed E-state index contributed by atoms with van der Waals surface area (Å²) in [6.45, 7) is 0.959. The lowest BCUT2D eigenvalue weighted by molar-refractivity contribution is 0.437. The van der Waals surface area contributed by atoms with Crippen LogP contribution in [0.25, 0.3) is 0 Å². The van der Waals surface area contributed by atoms with Gasteiger partial charge in [0.15, 0.2) is 0 Å². The molecule has 0 fully saturated rings. The van der Waals surface area contributed by atoms with Crippen molar-refractivity contribution in [3.05, 3.63) is 24.0 Å². The maximum absolute atomic E-state index is 12.9. The van der Waals surface area contributed by atoms with Crippen molar-refractivity contribution < 1.29 is 4.39 Å². The number of nitrogens with zero attached hydrogens (tertiary/aromatic N) is 1. The maximum Gasteiger partial charge on any atom is 0.124 e. The van der Waals surface area contributed by atoms with Gasteiger partial charge in [0.05, 0.1) is 0 Å². The normalized spacial score (nSPS) is 10.9. The Balaban J connectivity index is 2.53. The number of nitrogen functional groups attached to an aromatic ring is 1. The lowest BCUT2D eigenvalue weighted by Gasteiger charge is -2.09. The topological polar surface area (TPSA) is 29.3 Å².